The van der Waals surface area contributed by atoms with Crippen LogP contribution in [0.3, 0.4) is 0 Å². The number of ether oxygens (including phenoxy) is 2. The standard InChI is InChI=1S/C59H63ClN2O2/c60-55-27-14-13-26-52(55)58(46-22-9-4-10-23-46,47-31-28-44(29-32-47)42-18-7-3-8-19-42)62-50-35-37-54-57(39-50)64-56-38-49(34-36-53(56)59(54)51-25-12-11-20-45(51)40-63-59)61-48-24-15-21-43(30-33-48)41-16-5-1-2-6-17-41/h4,9-14,20,22-23,25-29,31-32,34-39,41-43,48,61-62H,1-3,5-8,15-19,21,24,30,33,40H2. The Bertz CT molecular complexity index is 2560. The molecule has 4 nitrogen and oxygen atoms in total. The van der Waals surface area contributed by atoms with Gasteiger partial charge < -0.3 is 20.1 Å². The molecule has 0 amide bonds. The second-order valence-corrected chi connectivity index (χ2v) is 20.1. The largest absolute Gasteiger partial charge is 0.456 e. The van der Waals surface area contributed by atoms with Crippen molar-refractivity contribution in [1.29, 1.82) is 0 Å². The number of fused-ring (bicyclic) bond motifs is 6. The van der Waals surface area contributed by atoms with Crippen molar-refractivity contribution in [2.75, 3.05) is 10.6 Å². The van der Waals surface area contributed by atoms with Crippen molar-refractivity contribution in [2.24, 2.45) is 11.8 Å². The monoisotopic (exact) mass is 866 g/mol. The first-order valence-electron chi connectivity index (χ1n) is 24.7. The first-order chi connectivity index (χ1) is 31.6. The van der Waals surface area contributed by atoms with Crippen molar-refractivity contribution < 1.29 is 9.47 Å². The summed E-state index contributed by atoms with van der Waals surface area (Å²) in [5.41, 5.74) is 9.58. The van der Waals surface area contributed by atoms with Crippen LogP contribution in [0.1, 0.15) is 153 Å². The summed E-state index contributed by atoms with van der Waals surface area (Å²) >= 11 is 7.28. The molecular weight excluding hydrogens is 804 g/mol. The average Bonchev–Trinajstić information content (AvgIpc) is 3.49. The van der Waals surface area contributed by atoms with Gasteiger partial charge in [0.2, 0.25) is 0 Å². The molecule has 0 bridgehead atoms. The quantitative estimate of drug-likeness (QED) is 0.112. The molecule has 4 unspecified atom stereocenters. The van der Waals surface area contributed by atoms with Crippen molar-refractivity contribution in [3.05, 3.63) is 189 Å². The maximum Gasteiger partial charge on any atom is 0.151 e. The molecule has 1 spiro atoms. The number of hydrogen-bond acceptors (Lipinski definition) is 4. The van der Waals surface area contributed by atoms with E-state index in [9.17, 15) is 0 Å². The lowest BCUT2D eigenvalue weighted by molar-refractivity contribution is 0.0200. The van der Waals surface area contributed by atoms with Crippen LogP contribution in [-0.2, 0) is 22.5 Å². The van der Waals surface area contributed by atoms with Crippen LogP contribution < -0.4 is 15.4 Å². The molecule has 3 aliphatic carbocycles. The predicted octanol–water partition coefficient (Wildman–Crippen LogP) is 16.1. The normalized spacial score (nSPS) is 23.4. The van der Waals surface area contributed by atoms with Crippen molar-refractivity contribution in [3.8, 4) is 11.5 Å². The van der Waals surface area contributed by atoms with Crippen LogP contribution in [0.5, 0.6) is 11.5 Å². The molecule has 0 saturated heterocycles. The minimum atomic E-state index is -0.815. The molecule has 3 fully saturated rings. The van der Waals surface area contributed by atoms with Crippen molar-refractivity contribution in [2.45, 2.75) is 132 Å². The average molecular weight is 868 g/mol. The molecule has 64 heavy (non-hydrogen) atoms. The molecule has 5 aliphatic rings. The molecular formula is C59H63ClN2O2. The van der Waals surface area contributed by atoms with Crippen LogP contribution in [0.15, 0.2) is 140 Å². The molecule has 6 aromatic carbocycles. The van der Waals surface area contributed by atoms with E-state index >= 15 is 0 Å². The Morgan fingerprint density at radius 2 is 1.14 bits per heavy atom. The van der Waals surface area contributed by atoms with Gasteiger partial charge in [-0.3, -0.25) is 0 Å². The van der Waals surface area contributed by atoms with Gasteiger partial charge >= 0.3 is 0 Å². The number of nitrogens with one attached hydrogen (secondary N) is 2. The number of anilines is 2. The van der Waals surface area contributed by atoms with E-state index in [2.05, 4.69) is 138 Å². The highest BCUT2D eigenvalue weighted by atomic mass is 35.5. The van der Waals surface area contributed by atoms with Gasteiger partial charge in [0, 0.05) is 51.3 Å². The highest BCUT2D eigenvalue weighted by Crippen LogP contribution is 2.57. The third-order valence-electron chi connectivity index (χ3n) is 16.0. The summed E-state index contributed by atoms with van der Waals surface area (Å²) in [7, 11) is 0. The Kier molecular flexibility index (Phi) is 11.8. The summed E-state index contributed by atoms with van der Waals surface area (Å²) in [5, 5.41) is 8.86. The fraction of sp³-hybridized carbons (Fsp3) is 0.390. The van der Waals surface area contributed by atoms with Crippen LogP contribution >= 0.6 is 11.6 Å². The van der Waals surface area contributed by atoms with Gasteiger partial charge in [-0.15, -0.1) is 0 Å². The second-order valence-electron chi connectivity index (χ2n) is 19.7. The molecule has 3 saturated carbocycles. The fourth-order valence-corrected chi connectivity index (χ4v) is 13.0. The van der Waals surface area contributed by atoms with Gasteiger partial charge in [0.05, 0.1) is 6.61 Å². The lowest BCUT2D eigenvalue weighted by Gasteiger charge is -2.40. The third kappa shape index (κ3) is 7.73. The Morgan fingerprint density at radius 1 is 0.516 bits per heavy atom. The maximum atomic E-state index is 7.28. The van der Waals surface area contributed by atoms with E-state index in [1.165, 1.54) is 119 Å². The van der Waals surface area contributed by atoms with Crippen LogP contribution in [0.2, 0.25) is 5.02 Å². The zero-order valence-corrected chi connectivity index (χ0v) is 38.1. The molecule has 6 aromatic rings. The number of rotatable bonds is 9. The summed E-state index contributed by atoms with van der Waals surface area (Å²) in [6.07, 6.45) is 21.6. The first-order valence-corrected chi connectivity index (χ1v) is 25.1. The summed E-state index contributed by atoms with van der Waals surface area (Å²) in [6, 6.07) is 51.0. The van der Waals surface area contributed by atoms with Crippen LogP contribution in [-0.4, -0.2) is 6.04 Å². The Balaban J connectivity index is 0.968. The van der Waals surface area contributed by atoms with Crippen molar-refractivity contribution >= 4 is 23.0 Å². The molecule has 4 atom stereocenters. The number of benzene rings is 6. The Morgan fingerprint density at radius 3 is 1.92 bits per heavy atom. The Hall–Kier alpha value is -5.03. The zero-order valence-electron chi connectivity index (χ0n) is 37.3. The molecule has 2 N–H and O–H groups in total. The SMILES string of the molecule is Clc1ccccc1C(Nc1ccc2c(c1)Oc1cc(NC3CCCC(C4CCCCCC4)CC3)ccc1C21OCc2ccccc21)(c1ccccc1)c1ccc(C2CCCCC2)cc1. The molecule has 5 heteroatoms. The lowest BCUT2D eigenvalue weighted by Crippen LogP contribution is -2.38. The van der Waals surface area contributed by atoms with E-state index in [4.69, 9.17) is 21.1 Å². The van der Waals surface area contributed by atoms with E-state index in [-0.39, 0.29) is 0 Å². The van der Waals surface area contributed by atoms with Crippen molar-refractivity contribution in [3.63, 3.8) is 0 Å². The first kappa shape index (κ1) is 41.7. The smallest absolute Gasteiger partial charge is 0.151 e. The third-order valence-corrected chi connectivity index (χ3v) is 16.3. The van der Waals surface area contributed by atoms with Gasteiger partial charge in [-0.25, -0.2) is 0 Å². The summed E-state index contributed by atoms with van der Waals surface area (Å²) in [6.45, 7) is 0.541. The number of hydrogen-bond donors (Lipinski definition) is 2. The minimum Gasteiger partial charge on any atom is -0.456 e. The van der Waals surface area contributed by atoms with Gasteiger partial charge in [0.15, 0.2) is 5.60 Å². The highest BCUT2D eigenvalue weighted by Gasteiger charge is 2.50. The molecule has 2 heterocycles. The predicted molar refractivity (Wildman–Crippen MR) is 263 cm³/mol. The summed E-state index contributed by atoms with van der Waals surface area (Å²) in [5.74, 6) is 4.06. The van der Waals surface area contributed by atoms with E-state index in [0.717, 1.165) is 62.5 Å². The van der Waals surface area contributed by atoms with Gasteiger partial charge in [-0.2, -0.15) is 0 Å². The molecule has 11 rings (SSSR count). The summed E-state index contributed by atoms with van der Waals surface area (Å²) in [4.78, 5) is 0. The molecule has 328 valence electrons. The van der Waals surface area contributed by atoms with Crippen LogP contribution in [0.25, 0.3) is 0 Å². The van der Waals surface area contributed by atoms with E-state index in [1.54, 1.807) is 0 Å². The molecule has 0 radical (unpaired) electrons. The summed E-state index contributed by atoms with van der Waals surface area (Å²) < 4.78 is 14.2. The number of halogens is 1. The topological polar surface area (TPSA) is 42.5 Å². The molecule has 0 aromatic heterocycles. The van der Waals surface area contributed by atoms with Crippen LogP contribution in [0, 0.1) is 11.8 Å². The second kappa shape index (κ2) is 18.1. The highest BCUT2D eigenvalue weighted by molar-refractivity contribution is 6.31. The van der Waals surface area contributed by atoms with Crippen LogP contribution in [0.4, 0.5) is 11.4 Å². The van der Waals surface area contributed by atoms with E-state index in [0.29, 0.717) is 23.6 Å². The van der Waals surface area contributed by atoms with Gasteiger partial charge in [0.1, 0.15) is 17.0 Å². The van der Waals surface area contributed by atoms with E-state index in [1.807, 2.05) is 12.1 Å². The zero-order chi connectivity index (χ0) is 42.9. The van der Waals surface area contributed by atoms with E-state index < -0.39 is 11.1 Å². The van der Waals surface area contributed by atoms with Gasteiger partial charge in [-0.1, -0.05) is 179 Å². The van der Waals surface area contributed by atoms with Gasteiger partial charge in [-0.05, 0) is 108 Å². The Labute approximate surface area is 386 Å². The minimum absolute atomic E-state index is 0.463. The maximum absolute atomic E-state index is 7.28. The van der Waals surface area contributed by atoms with Crippen molar-refractivity contribution in [1.82, 2.24) is 0 Å². The van der Waals surface area contributed by atoms with Gasteiger partial charge in [0.25, 0.3) is 0 Å². The molecule has 2 aliphatic heterocycles. The fourth-order valence-electron chi connectivity index (χ4n) is 12.7. The lowest BCUT2D eigenvalue weighted by atomic mass is 9.75.